The minimum Gasteiger partial charge on any atom is -0.117 e. The lowest BCUT2D eigenvalue weighted by Gasteiger charge is -2.41. The van der Waals surface area contributed by atoms with E-state index in [0.717, 1.165) is 22.4 Å². The summed E-state index contributed by atoms with van der Waals surface area (Å²) in [6, 6.07) is 4.29. The van der Waals surface area contributed by atoms with Gasteiger partial charge in [0.25, 0.3) is 0 Å². The van der Waals surface area contributed by atoms with Crippen LogP contribution in [0.3, 0.4) is 0 Å². The van der Waals surface area contributed by atoms with Crippen molar-refractivity contribution < 1.29 is 0 Å². The van der Waals surface area contributed by atoms with Gasteiger partial charge in [-0.3, -0.25) is 0 Å². The Labute approximate surface area is 139 Å². The summed E-state index contributed by atoms with van der Waals surface area (Å²) in [4.78, 5) is 0. The molecule has 4 atom stereocenters. The molecule has 2 fully saturated rings. The third-order valence-corrected chi connectivity index (χ3v) is 6.82. The monoisotopic (exact) mass is 324 g/mol. The van der Waals surface area contributed by atoms with E-state index < -0.39 is 0 Å². The van der Waals surface area contributed by atoms with Gasteiger partial charge in [0.05, 0.1) is 5.38 Å². The zero-order valence-electron chi connectivity index (χ0n) is 13.2. The average molecular weight is 325 g/mol. The van der Waals surface area contributed by atoms with E-state index in [9.17, 15) is 0 Å². The van der Waals surface area contributed by atoms with Gasteiger partial charge in [-0.05, 0) is 73.6 Å². The number of hydrogen-bond donors (Lipinski definition) is 0. The Hall–Kier alpha value is -0.200. The zero-order chi connectivity index (χ0) is 15.0. The summed E-state index contributed by atoms with van der Waals surface area (Å²) in [5.41, 5.74) is 3.70. The van der Waals surface area contributed by atoms with E-state index in [0.29, 0.717) is 5.92 Å². The summed E-state index contributed by atoms with van der Waals surface area (Å²) >= 11 is 13.3. The quantitative estimate of drug-likeness (QED) is 0.522. The topological polar surface area (TPSA) is 0 Å². The van der Waals surface area contributed by atoms with Gasteiger partial charge < -0.3 is 0 Å². The van der Waals surface area contributed by atoms with Crippen molar-refractivity contribution in [1.82, 2.24) is 0 Å². The van der Waals surface area contributed by atoms with Crippen LogP contribution in [0.15, 0.2) is 12.1 Å². The fourth-order valence-corrected chi connectivity index (χ4v) is 5.25. The van der Waals surface area contributed by atoms with Gasteiger partial charge in [-0.1, -0.05) is 43.4 Å². The lowest BCUT2D eigenvalue weighted by molar-refractivity contribution is 0.127. The normalized spacial score (nSPS) is 30.8. The molecule has 0 heterocycles. The van der Waals surface area contributed by atoms with Gasteiger partial charge in [0, 0.05) is 5.02 Å². The second kappa shape index (κ2) is 6.50. The molecule has 0 nitrogen and oxygen atoms in total. The first-order chi connectivity index (χ1) is 10.1. The van der Waals surface area contributed by atoms with Crippen molar-refractivity contribution in [2.24, 2.45) is 17.8 Å². The Morgan fingerprint density at radius 3 is 2.38 bits per heavy atom. The number of fused-ring (bicyclic) bond motifs is 1. The third-order valence-electron chi connectivity index (χ3n) is 5.90. The predicted molar refractivity (Wildman–Crippen MR) is 92.3 cm³/mol. The van der Waals surface area contributed by atoms with Crippen LogP contribution in [-0.4, -0.2) is 0 Å². The van der Waals surface area contributed by atoms with Crippen LogP contribution in [0, 0.1) is 31.6 Å². The molecule has 2 aliphatic rings. The molecule has 116 valence electrons. The van der Waals surface area contributed by atoms with E-state index in [2.05, 4.69) is 26.0 Å². The first-order valence-electron chi connectivity index (χ1n) is 8.47. The number of halogens is 2. The summed E-state index contributed by atoms with van der Waals surface area (Å²) in [6.45, 7) is 4.26. The van der Waals surface area contributed by atoms with Crippen molar-refractivity contribution in [3.63, 3.8) is 0 Å². The molecule has 2 saturated carbocycles. The molecule has 0 saturated heterocycles. The Kier molecular flexibility index (Phi) is 4.86. The molecule has 1 aromatic rings. The summed E-state index contributed by atoms with van der Waals surface area (Å²) in [7, 11) is 0. The summed E-state index contributed by atoms with van der Waals surface area (Å²) in [6.07, 6.45) is 9.70. The summed E-state index contributed by atoms with van der Waals surface area (Å²) in [5.74, 6) is 2.50. The minimum atomic E-state index is 0.0830. The van der Waals surface area contributed by atoms with Gasteiger partial charge in [-0.2, -0.15) is 0 Å². The first kappa shape index (κ1) is 15.7. The Morgan fingerprint density at radius 2 is 1.62 bits per heavy atom. The van der Waals surface area contributed by atoms with Crippen molar-refractivity contribution in [2.45, 2.75) is 64.2 Å². The van der Waals surface area contributed by atoms with E-state index in [1.54, 1.807) is 0 Å². The molecule has 1 aromatic carbocycles. The van der Waals surface area contributed by atoms with E-state index >= 15 is 0 Å². The molecule has 3 rings (SSSR count). The van der Waals surface area contributed by atoms with Crippen LogP contribution in [0.4, 0.5) is 0 Å². The minimum absolute atomic E-state index is 0.0830. The molecule has 0 N–H and O–H groups in total. The maximum atomic E-state index is 6.86. The van der Waals surface area contributed by atoms with E-state index in [-0.39, 0.29) is 5.38 Å². The standard InChI is InChI=1S/C19H26Cl2/c1-12-9-17(18(20)10-13(12)2)19(21)16-8-7-14-5-3-4-6-15(14)11-16/h9-10,14-16,19H,3-8,11H2,1-2H3. The van der Waals surface area contributed by atoms with E-state index in [1.807, 2.05) is 0 Å². The van der Waals surface area contributed by atoms with Crippen LogP contribution >= 0.6 is 23.2 Å². The van der Waals surface area contributed by atoms with Crippen molar-refractivity contribution in [1.29, 1.82) is 0 Å². The molecule has 0 spiro atoms. The van der Waals surface area contributed by atoms with E-state index in [4.69, 9.17) is 23.2 Å². The van der Waals surface area contributed by atoms with Crippen LogP contribution in [0.5, 0.6) is 0 Å². The van der Waals surface area contributed by atoms with Gasteiger partial charge in [0.15, 0.2) is 0 Å². The van der Waals surface area contributed by atoms with Crippen molar-refractivity contribution >= 4 is 23.2 Å². The summed E-state index contributed by atoms with van der Waals surface area (Å²) < 4.78 is 0. The predicted octanol–water partition coefficient (Wildman–Crippen LogP) is 6.84. The van der Waals surface area contributed by atoms with Crippen LogP contribution in [0.1, 0.15) is 67.0 Å². The lowest BCUT2D eigenvalue weighted by atomic mass is 9.66. The molecule has 0 radical (unpaired) electrons. The third kappa shape index (κ3) is 3.27. The van der Waals surface area contributed by atoms with Crippen molar-refractivity contribution in [3.05, 3.63) is 33.8 Å². The van der Waals surface area contributed by atoms with Crippen molar-refractivity contribution in [3.8, 4) is 0 Å². The molecule has 21 heavy (non-hydrogen) atoms. The van der Waals surface area contributed by atoms with Gasteiger partial charge in [0.2, 0.25) is 0 Å². The van der Waals surface area contributed by atoms with Gasteiger partial charge >= 0.3 is 0 Å². The molecule has 2 aliphatic carbocycles. The molecule has 0 aliphatic heterocycles. The van der Waals surface area contributed by atoms with E-state index in [1.165, 1.54) is 56.1 Å². The lowest BCUT2D eigenvalue weighted by Crippen LogP contribution is -2.29. The largest absolute Gasteiger partial charge is 0.117 e. The molecule has 0 bridgehead atoms. The molecule has 0 amide bonds. The number of aryl methyl sites for hydroxylation is 2. The zero-order valence-corrected chi connectivity index (χ0v) is 14.7. The highest BCUT2D eigenvalue weighted by molar-refractivity contribution is 6.33. The SMILES string of the molecule is Cc1cc(Cl)c(C(Cl)C2CCC3CCCCC3C2)cc1C. The number of benzene rings is 1. The maximum Gasteiger partial charge on any atom is 0.0628 e. The fourth-order valence-electron chi connectivity index (χ4n) is 4.44. The van der Waals surface area contributed by atoms with Gasteiger partial charge in [-0.15, -0.1) is 11.6 Å². The highest BCUT2D eigenvalue weighted by Gasteiger charge is 2.35. The molecular formula is C19H26Cl2. The summed E-state index contributed by atoms with van der Waals surface area (Å²) in [5, 5.41) is 0.934. The molecule has 4 unspecified atom stereocenters. The van der Waals surface area contributed by atoms with Gasteiger partial charge in [0.1, 0.15) is 0 Å². The van der Waals surface area contributed by atoms with Gasteiger partial charge in [-0.25, -0.2) is 0 Å². The van der Waals surface area contributed by atoms with Crippen LogP contribution < -0.4 is 0 Å². The fraction of sp³-hybridized carbons (Fsp3) is 0.684. The Morgan fingerprint density at radius 1 is 0.952 bits per heavy atom. The second-order valence-corrected chi connectivity index (χ2v) is 8.11. The molecular weight excluding hydrogens is 299 g/mol. The maximum absolute atomic E-state index is 6.86. The molecule has 0 aromatic heterocycles. The van der Waals surface area contributed by atoms with Crippen LogP contribution in [0.25, 0.3) is 0 Å². The van der Waals surface area contributed by atoms with Crippen molar-refractivity contribution in [2.75, 3.05) is 0 Å². The Balaban J connectivity index is 1.76. The van der Waals surface area contributed by atoms with Crippen LogP contribution in [0.2, 0.25) is 5.02 Å². The molecule has 2 heteroatoms. The number of alkyl halides is 1. The highest BCUT2D eigenvalue weighted by Crippen LogP contribution is 2.49. The van der Waals surface area contributed by atoms with Crippen LogP contribution in [-0.2, 0) is 0 Å². The average Bonchev–Trinajstić information content (AvgIpc) is 2.50. The Bertz CT molecular complexity index is 509. The highest BCUT2D eigenvalue weighted by atomic mass is 35.5. The second-order valence-electron chi connectivity index (χ2n) is 7.24. The first-order valence-corrected chi connectivity index (χ1v) is 9.28. The number of hydrogen-bond acceptors (Lipinski definition) is 0. The number of rotatable bonds is 2. The smallest absolute Gasteiger partial charge is 0.0628 e.